The van der Waals surface area contributed by atoms with Gasteiger partial charge in [0.1, 0.15) is 0 Å². The van der Waals surface area contributed by atoms with Crippen molar-refractivity contribution in [2.45, 2.75) is 31.7 Å². The number of hydrogen-bond donors (Lipinski definition) is 4. The number of nitrogens with zero attached hydrogens (tertiary/aromatic N) is 1. The maximum absolute atomic E-state index is 12.6. The summed E-state index contributed by atoms with van der Waals surface area (Å²) in [6.07, 6.45) is 5.40. The summed E-state index contributed by atoms with van der Waals surface area (Å²) in [5, 5.41) is 20.9. The molecule has 0 bridgehead atoms. The Morgan fingerprint density at radius 2 is 1.77 bits per heavy atom. The lowest BCUT2D eigenvalue weighted by Crippen LogP contribution is -2.54. The van der Waals surface area contributed by atoms with Crippen LogP contribution in [0.15, 0.2) is 36.5 Å². The Labute approximate surface area is 174 Å². The molecule has 9 nitrogen and oxygen atoms in total. The van der Waals surface area contributed by atoms with Crippen LogP contribution in [0.3, 0.4) is 0 Å². The van der Waals surface area contributed by atoms with Gasteiger partial charge in [0.15, 0.2) is 5.69 Å². The standard InChI is InChI=1S/C20H24N4O5S/c21-30(28,29)24-10-5-16(17(24)19(26)27)13-1-3-14(4-2-13)18(25)23-15-11-20(12-15)6-8-22-9-7-20/h1-5,10,15,22H,6-9,11-12H2,(H,23,25)(H,26,27)(H2,21,28,29). The Morgan fingerprint density at radius 3 is 2.33 bits per heavy atom. The van der Waals surface area contributed by atoms with Crippen molar-refractivity contribution in [3.8, 4) is 11.1 Å². The topological polar surface area (TPSA) is 144 Å². The van der Waals surface area contributed by atoms with Crippen molar-refractivity contribution in [2.24, 2.45) is 10.6 Å². The fourth-order valence-corrected chi connectivity index (χ4v) is 5.25. The summed E-state index contributed by atoms with van der Waals surface area (Å²) < 4.78 is 23.8. The van der Waals surface area contributed by atoms with E-state index in [0.717, 1.165) is 45.0 Å². The number of benzene rings is 1. The molecule has 4 rings (SSSR count). The smallest absolute Gasteiger partial charge is 0.354 e. The molecule has 1 saturated carbocycles. The summed E-state index contributed by atoms with van der Waals surface area (Å²) in [6, 6.07) is 7.94. The molecule has 10 heteroatoms. The zero-order chi connectivity index (χ0) is 21.5. The van der Waals surface area contributed by atoms with Crippen LogP contribution in [-0.2, 0) is 10.2 Å². The highest BCUT2D eigenvalue weighted by atomic mass is 32.2. The van der Waals surface area contributed by atoms with Crippen molar-refractivity contribution in [1.29, 1.82) is 0 Å². The Bertz CT molecular complexity index is 1080. The number of hydrogen-bond acceptors (Lipinski definition) is 5. The molecule has 160 valence electrons. The minimum atomic E-state index is -4.24. The summed E-state index contributed by atoms with van der Waals surface area (Å²) in [5.74, 6) is -1.58. The van der Waals surface area contributed by atoms with Crippen molar-refractivity contribution >= 4 is 22.1 Å². The summed E-state index contributed by atoms with van der Waals surface area (Å²) in [4.78, 5) is 24.1. The minimum absolute atomic E-state index is 0.170. The van der Waals surface area contributed by atoms with Crippen LogP contribution in [-0.4, -0.2) is 48.5 Å². The first-order chi connectivity index (χ1) is 14.2. The van der Waals surface area contributed by atoms with Crippen molar-refractivity contribution < 1.29 is 23.1 Å². The number of aromatic nitrogens is 1. The van der Waals surface area contributed by atoms with E-state index in [1.165, 1.54) is 6.07 Å². The summed E-state index contributed by atoms with van der Waals surface area (Å²) in [6.45, 7) is 2.07. The maximum atomic E-state index is 12.6. The predicted octanol–water partition coefficient (Wildman–Crippen LogP) is 1.17. The normalized spacial score (nSPS) is 18.7. The van der Waals surface area contributed by atoms with E-state index >= 15 is 0 Å². The highest BCUT2D eigenvalue weighted by Crippen LogP contribution is 2.47. The van der Waals surface area contributed by atoms with Gasteiger partial charge in [-0.25, -0.2) is 13.9 Å². The van der Waals surface area contributed by atoms with Gasteiger partial charge in [0, 0.05) is 23.4 Å². The van der Waals surface area contributed by atoms with Gasteiger partial charge >= 0.3 is 16.2 Å². The highest BCUT2D eigenvalue weighted by molar-refractivity contribution is 7.87. The van der Waals surface area contributed by atoms with Gasteiger partial charge in [0.05, 0.1) is 0 Å². The molecule has 1 spiro atoms. The molecule has 1 aromatic carbocycles. The lowest BCUT2D eigenvalue weighted by atomic mass is 9.60. The van der Waals surface area contributed by atoms with Crippen LogP contribution in [0.25, 0.3) is 11.1 Å². The number of piperidine rings is 1. The van der Waals surface area contributed by atoms with Crippen LogP contribution in [0.4, 0.5) is 0 Å². The van der Waals surface area contributed by atoms with Crippen LogP contribution < -0.4 is 15.8 Å². The summed E-state index contributed by atoms with van der Waals surface area (Å²) in [5.41, 5.74) is 1.07. The molecule has 1 aliphatic heterocycles. The Hall–Kier alpha value is -2.69. The molecule has 1 aromatic heterocycles. The quantitative estimate of drug-likeness (QED) is 0.558. The average molecular weight is 433 g/mol. The zero-order valence-corrected chi connectivity index (χ0v) is 17.1. The van der Waals surface area contributed by atoms with Crippen molar-refractivity contribution in [3.05, 3.63) is 47.8 Å². The molecule has 5 N–H and O–H groups in total. The Morgan fingerprint density at radius 1 is 1.13 bits per heavy atom. The number of rotatable bonds is 5. The number of carboxylic acids is 1. The van der Waals surface area contributed by atoms with Gasteiger partial charge in [0.2, 0.25) is 0 Å². The summed E-state index contributed by atoms with van der Waals surface area (Å²) >= 11 is 0. The second-order valence-corrected chi connectivity index (χ2v) is 9.55. The fourth-order valence-electron chi connectivity index (χ4n) is 4.59. The van der Waals surface area contributed by atoms with E-state index in [4.69, 9.17) is 5.14 Å². The fraction of sp³-hybridized carbons (Fsp3) is 0.400. The molecule has 2 aliphatic rings. The molecule has 0 atom stereocenters. The van der Waals surface area contributed by atoms with E-state index < -0.39 is 21.9 Å². The first-order valence-electron chi connectivity index (χ1n) is 9.79. The van der Waals surface area contributed by atoms with Gasteiger partial charge in [0.25, 0.3) is 5.91 Å². The third-order valence-electron chi connectivity index (χ3n) is 6.15. The second-order valence-electron chi connectivity index (χ2n) is 8.13. The first kappa shape index (κ1) is 20.6. The van der Waals surface area contributed by atoms with Crippen LogP contribution >= 0.6 is 0 Å². The third kappa shape index (κ3) is 3.85. The maximum Gasteiger partial charge on any atom is 0.354 e. The number of aromatic carboxylic acids is 1. The van der Waals surface area contributed by atoms with Crippen LogP contribution in [0, 0.1) is 5.41 Å². The molecule has 1 amide bonds. The molecule has 2 heterocycles. The Kier molecular flexibility index (Phi) is 5.16. The largest absolute Gasteiger partial charge is 0.477 e. The van der Waals surface area contributed by atoms with Gasteiger partial charge in [-0.3, -0.25) is 4.79 Å². The van der Waals surface area contributed by atoms with Gasteiger partial charge < -0.3 is 15.7 Å². The van der Waals surface area contributed by atoms with Gasteiger partial charge in [-0.2, -0.15) is 8.42 Å². The van der Waals surface area contributed by atoms with Crippen LogP contribution in [0.1, 0.15) is 46.5 Å². The number of nitrogens with one attached hydrogen (secondary N) is 2. The molecule has 0 unspecified atom stereocenters. The number of nitrogens with two attached hydrogens (primary N) is 1. The number of amides is 1. The highest BCUT2D eigenvalue weighted by Gasteiger charge is 2.44. The number of carboxylic acid groups (broad SMARTS) is 1. The van der Waals surface area contributed by atoms with E-state index in [0.29, 0.717) is 20.5 Å². The van der Waals surface area contributed by atoms with Gasteiger partial charge in [-0.05, 0) is 68.0 Å². The predicted molar refractivity (Wildman–Crippen MR) is 110 cm³/mol. The average Bonchev–Trinajstić information content (AvgIpc) is 3.14. The Balaban J connectivity index is 1.47. The minimum Gasteiger partial charge on any atom is -0.477 e. The molecule has 2 fully saturated rings. The molecule has 1 saturated heterocycles. The zero-order valence-electron chi connectivity index (χ0n) is 16.3. The number of carbonyl (C=O) groups is 2. The molecular formula is C20H24N4O5S. The van der Waals surface area contributed by atoms with Gasteiger partial charge in [-0.15, -0.1) is 0 Å². The lowest BCUT2D eigenvalue weighted by molar-refractivity contribution is 0.0423. The molecule has 2 aromatic rings. The van der Waals surface area contributed by atoms with E-state index in [1.54, 1.807) is 24.3 Å². The monoisotopic (exact) mass is 432 g/mol. The molecule has 0 radical (unpaired) electrons. The SMILES string of the molecule is NS(=O)(=O)n1ccc(-c2ccc(C(=O)NC3CC4(CCNCC4)C3)cc2)c1C(=O)O. The molecule has 30 heavy (non-hydrogen) atoms. The molecule has 1 aliphatic carbocycles. The van der Waals surface area contributed by atoms with E-state index in [2.05, 4.69) is 10.6 Å². The van der Waals surface area contributed by atoms with Crippen molar-refractivity contribution in [3.63, 3.8) is 0 Å². The van der Waals surface area contributed by atoms with E-state index in [-0.39, 0.29) is 17.5 Å². The van der Waals surface area contributed by atoms with Crippen molar-refractivity contribution in [1.82, 2.24) is 14.6 Å². The van der Waals surface area contributed by atoms with E-state index in [9.17, 15) is 23.1 Å². The van der Waals surface area contributed by atoms with Crippen molar-refractivity contribution in [2.75, 3.05) is 13.1 Å². The third-order valence-corrected chi connectivity index (χ3v) is 7.00. The number of carbonyl (C=O) groups excluding carboxylic acids is 1. The second kappa shape index (κ2) is 7.53. The van der Waals surface area contributed by atoms with Crippen LogP contribution in [0.5, 0.6) is 0 Å². The molecular weight excluding hydrogens is 408 g/mol. The summed E-state index contributed by atoms with van der Waals surface area (Å²) in [7, 11) is -4.24. The van der Waals surface area contributed by atoms with E-state index in [1.807, 2.05) is 0 Å². The first-order valence-corrected chi connectivity index (χ1v) is 11.3. The lowest BCUT2D eigenvalue weighted by Gasteiger charge is -2.50. The van der Waals surface area contributed by atoms with Crippen LogP contribution in [0.2, 0.25) is 0 Å². The van der Waals surface area contributed by atoms with Gasteiger partial charge in [-0.1, -0.05) is 12.1 Å².